The third-order valence-electron chi connectivity index (χ3n) is 3.22. The van der Waals surface area contributed by atoms with Crippen LogP contribution in [0.5, 0.6) is 0 Å². The quantitative estimate of drug-likeness (QED) is 0.744. The van der Waals surface area contributed by atoms with E-state index >= 15 is 0 Å². The Morgan fingerprint density at radius 2 is 1.74 bits per heavy atom. The molecule has 0 aliphatic rings. The Hall–Kier alpha value is -2.77. The highest BCUT2D eigenvalue weighted by Gasteiger charge is 2.07. The fraction of sp³-hybridized carbons (Fsp3) is 0. The van der Waals surface area contributed by atoms with Crippen LogP contribution in [0.2, 0.25) is 0 Å². The first kappa shape index (κ1) is 15.1. The van der Waals surface area contributed by atoms with Crippen molar-refractivity contribution in [2.24, 2.45) is 10.1 Å². The predicted molar refractivity (Wildman–Crippen MR) is 87.6 cm³/mol. The van der Waals surface area contributed by atoms with Gasteiger partial charge in [0.2, 0.25) is 15.5 Å². The summed E-state index contributed by atoms with van der Waals surface area (Å²) in [7, 11) is -3.73. The van der Waals surface area contributed by atoms with Crippen LogP contribution in [0.4, 0.5) is 5.69 Å². The molecule has 0 saturated carbocycles. The number of benzene rings is 2. The Morgan fingerprint density at radius 1 is 1.04 bits per heavy atom. The SMILES string of the molecule is NS(=O)(=O)c1ccc(C=Nc2coc3ccccc3c2=O)cc1. The van der Waals surface area contributed by atoms with Crippen LogP contribution in [0.15, 0.2) is 73.9 Å². The van der Waals surface area contributed by atoms with E-state index in [0.29, 0.717) is 16.5 Å². The van der Waals surface area contributed by atoms with Gasteiger partial charge in [-0.15, -0.1) is 0 Å². The number of primary sulfonamides is 1. The van der Waals surface area contributed by atoms with Crippen molar-refractivity contribution in [1.29, 1.82) is 0 Å². The molecule has 116 valence electrons. The maximum absolute atomic E-state index is 12.3. The van der Waals surface area contributed by atoms with E-state index in [1.807, 2.05) is 0 Å². The summed E-state index contributed by atoms with van der Waals surface area (Å²) in [6.07, 6.45) is 2.74. The molecule has 0 aliphatic heterocycles. The predicted octanol–water partition coefficient (Wildman–Crippen LogP) is 2.19. The highest BCUT2D eigenvalue weighted by molar-refractivity contribution is 7.89. The van der Waals surface area contributed by atoms with Crippen molar-refractivity contribution < 1.29 is 12.8 Å². The van der Waals surface area contributed by atoms with E-state index in [2.05, 4.69) is 4.99 Å². The number of hydrogen-bond donors (Lipinski definition) is 1. The van der Waals surface area contributed by atoms with Crippen LogP contribution in [0.1, 0.15) is 5.56 Å². The van der Waals surface area contributed by atoms with Crippen LogP contribution in [-0.4, -0.2) is 14.6 Å². The number of hydrogen-bond acceptors (Lipinski definition) is 5. The fourth-order valence-electron chi connectivity index (χ4n) is 2.04. The molecule has 2 N–H and O–H groups in total. The van der Waals surface area contributed by atoms with Gasteiger partial charge in [-0.05, 0) is 29.8 Å². The lowest BCUT2D eigenvalue weighted by Gasteiger charge is -1.99. The second-order valence-corrected chi connectivity index (χ2v) is 6.38. The highest BCUT2D eigenvalue weighted by Crippen LogP contribution is 2.15. The Bertz CT molecular complexity index is 1050. The summed E-state index contributed by atoms with van der Waals surface area (Å²) in [6, 6.07) is 12.7. The number of nitrogens with zero attached hydrogens (tertiary/aromatic N) is 1. The van der Waals surface area contributed by atoms with Crippen LogP contribution in [0, 0.1) is 0 Å². The van der Waals surface area contributed by atoms with Crippen molar-refractivity contribution in [2.75, 3.05) is 0 Å². The van der Waals surface area contributed by atoms with E-state index < -0.39 is 10.0 Å². The summed E-state index contributed by atoms with van der Waals surface area (Å²) in [5.74, 6) is 0. The molecule has 3 aromatic rings. The zero-order chi connectivity index (χ0) is 16.4. The van der Waals surface area contributed by atoms with Gasteiger partial charge in [-0.25, -0.2) is 18.5 Å². The number of rotatable bonds is 3. The van der Waals surface area contributed by atoms with Gasteiger partial charge in [0.15, 0.2) is 0 Å². The van der Waals surface area contributed by atoms with Crippen LogP contribution in [0.3, 0.4) is 0 Å². The molecule has 2 aromatic carbocycles. The molecule has 7 heteroatoms. The summed E-state index contributed by atoms with van der Waals surface area (Å²) < 4.78 is 27.7. The minimum absolute atomic E-state index is 0.0138. The molecule has 0 bridgehead atoms. The van der Waals surface area contributed by atoms with Gasteiger partial charge in [0.05, 0.1) is 10.3 Å². The fourth-order valence-corrected chi connectivity index (χ4v) is 2.56. The smallest absolute Gasteiger partial charge is 0.238 e. The molecule has 0 atom stereocenters. The first-order chi connectivity index (χ1) is 10.9. The number of sulfonamides is 1. The van der Waals surface area contributed by atoms with Crippen LogP contribution >= 0.6 is 0 Å². The van der Waals surface area contributed by atoms with Crippen molar-refractivity contribution in [3.8, 4) is 0 Å². The highest BCUT2D eigenvalue weighted by atomic mass is 32.2. The Balaban J connectivity index is 1.94. The maximum Gasteiger partial charge on any atom is 0.238 e. The zero-order valence-electron chi connectivity index (χ0n) is 11.8. The average molecular weight is 328 g/mol. The van der Waals surface area contributed by atoms with Gasteiger partial charge in [-0.1, -0.05) is 24.3 Å². The lowest BCUT2D eigenvalue weighted by atomic mass is 10.2. The average Bonchev–Trinajstić information content (AvgIpc) is 2.54. The van der Waals surface area contributed by atoms with Crippen molar-refractivity contribution in [3.05, 3.63) is 70.6 Å². The van der Waals surface area contributed by atoms with E-state index in [1.54, 1.807) is 36.4 Å². The van der Waals surface area contributed by atoms with Crippen molar-refractivity contribution >= 4 is 32.9 Å². The summed E-state index contributed by atoms with van der Waals surface area (Å²) in [4.78, 5) is 16.4. The van der Waals surface area contributed by atoms with Crippen molar-refractivity contribution in [2.45, 2.75) is 4.90 Å². The molecule has 23 heavy (non-hydrogen) atoms. The molecule has 0 aliphatic carbocycles. The lowest BCUT2D eigenvalue weighted by molar-refractivity contribution is 0.598. The maximum atomic E-state index is 12.3. The summed E-state index contributed by atoms with van der Waals surface area (Å²) in [5, 5.41) is 5.48. The van der Waals surface area contributed by atoms with Gasteiger partial charge >= 0.3 is 0 Å². The van der Waals surface area contributed by atoms with Crippen LogP contribution < -0.4 is 10.6 Å². The molecular weight excluding hydrogens is 316 g/mol. The monoisotopic (exact) mass is 328 g/mol. The van der Waals surface area contributed by atoms with Crippen LogP contribution in [0.25, 0.3) is 11.0 Å². The van der Waals surface area contributed by atoms with Gasteiger partial charge in [0, 0.05) is 6.21 Å². The summed E-state index contributed by atoms with van der Waals surface area (Å²) in [6.45, 7) is 0. The Morgan fingerprint density at radius 3 is 2.43 bits per heavy atom. The number of aliphatic imine (C=N–C) groups is 1. The van der Waals surface area contributed by atoms with Gasteiger partial charge in [-0.3, -0.25) is 4.79 Å². The summed E-state index contributed by atoms with van der Waals surface area (Å²) >= 11 is 0. The molecule has 0 saturated heterocycles. The first-order valence-electron chi connectivity index (χ1n) is 6.62. The van der Waals surface area contributed by atoms with Gasteiger partial charge in [0.1, 0.15) is 17.5 Å². The largest absolute Gasteiger partial charge is 0.462 e. The van der Waals surface area contributed by atoms with Gasteiger partial charge in [-0.2, -0.15) is 0 Å². The number of fused-ring (bicyclic) bond motifs is 1. The zero-order valence-corrected chi connectivity index (χ0v) is 12.7. The molecule has 1 aromatic heterocycles. The summed E-state index contributed by atoms with van der Waals surface area (Å²) in [5.41, 5.74) is 1.06. The molecule has 0 amide bonds. The topological polar surface area (TPSA) is 103 Å². The molecular formula is C16H12N2O4S. The van der Waals surface area contributed by atoms with Gasteiger partial charge < -0.3 is 4.42 Å². The molecule has 0 fully saturated rings. The Labute approximate surface area is 131 Å². The molecule has 0 radical (unpaired) electrons. The second-order valence-electron chi connectivity index (χ2n) is 4.82. The molecule has 6 nitrogen and oxygen atoms in total. The number of nitrogens with two attached hydrogens (primary N) is 1. The minimum Gasteiger partial charge on any atom is -0.462 e. The number of para-hydroxylation sites is 1. The van der Waals surface area contributed by atoms with E-state index in [0.717, 1.165) is 0 Å². The molecule has 3 rings (SSSR count). The van der Waals surface area contributed by atoms with E-state index in [9.17, 15) is 13.2 Å². The third-order valence-corrected chi connectivity index (χ3v) is 4.15. The Kier molecular flexibility index (Phi) is 3.81. The third kappa shape index (κ3) is 3.20. The standard InChI is InChI=1S/C16H12N2O4S/c17-23(20,21)12-7-5-11(6-8-12)9-18-14-10-22-15-4-2-1-3-13(15)16(14)19/h1-10H,(H2,17,20,21). The second kappa shape index (κ2) is 5.79. The molecule has 0 unspecified atom stereocenters. The van der Waals surface area contributed by atoms with Crippen molar-refractivity contribution in [3.63, 3.8) is 0 Å². The normalized spacial score (nSPS) is 12.0. The molecule has 0 spiro atoms. The van der Waals surface area contributed by atoms with Crippen molar-refractivity contribution in [1.82, 2.24) is 0 Å². The first-order valence-corrected chi connectivity index (χ1v) is 8.17. The lowest BCUT2D eigenvalue weighted by Crippen LogP contribution is -2.11. The van der Waals surface area contributed by atoms with E-state index in [4.69, 9.17) is 9.56 Å². The molecule has 1 heterocycles. The van der Waals surface area contributed by atoms with Crippen LogP contribution in [-0.2, 0) is 10.0 Å². The van der Waals surface area contributed by atoms with E-state index in [-0.39, 0.29) is 16.0 Å². The van der Waals surface area contributed by atoms with Gasteiger partial charge in [0.25, 0.3) is 0 Å². The minimum atomic E-state index is -3.73. The van der Waals surface area contributed by atoms with E-state index in [1.165, 1.54) is 24.6 Å².